The Hall–Kier alpha value is -1.42. The summed E-state index contributed by atoms with van der Waals surface area (Å²) in [4.78, 5) is 0. The van der Waals surface area contributed by atoms with Gasteiger partial charge < -0.3 is 21.3 Å². The van der Waals surface area contributed by atoms with E-state index in [1.165, 1.54) is 6.07 Å². The van der Waals surface area contributed by atoms with E-state index in [0.29, 0.717) is 18.0 Å². The number of phenolic OH excluding ortho intramolecular Hbond substituents is 1. The molecule has 1 aromatic rings. The molecule has 0 bridgehead atoms. The van der Waals surface area contributed by atoms with E-state index in [4.69, 9.17) is 16.2 Å². The molecule has 1 aliphatic rings. The van der Waals surface area contributed by atoms with Crippen LogP contribution in [-0.4, -0.2) is 11.7 Å². The minimum Gasteiger partial charge on any atom is -0.504 e. The van der Waals surface area contributed by atoms with Crippen LogP contribution >= 0.6 is 0 Å². The average Bonchev–Trinajstić information content (AvgIpc) is 2.12. The van der Waals surface area contributed by atoms with E-state index < -0.39 is 0 Å². The molecule has 0 spiro atoms. The van der Waals surface area contributed by atoms with Gasteiger partial charge >= 0.3 is 0 Å². The summed E-state index contributed by atoms with van der Waals surface area (Å²) in [6.07, 6.45) is 0.737. The molecule has 4 nitrogen and oxygen atoms in total. The summed E-state index contributed by atoms with van der Waals surface area (Å²) < 4.78 is 5.30. The van der Waals surface area contributed by atoms with Gasteiger partial charge in [-0.2, -0.15) is 0 Å². The number of hydrogen-bond donors (Lipinski definition) is 3. The molecule has 0 fully saturated rings. The largest absolute Gasteiger partial charge is 0.504 e. The quantitative estimate of drug-likeness (QED) is 0.406. The van der Waals surface area contributed by atoms with E-state index in [1.54, 1.807) is 6.07 Å². The van der Waals surface area contributed by atoms with E-state index in [-0.39, 0.29) is 11.8 Å². The fourth-order valence-electron chi connectivity index (χ4n) is 1.57. The third kappa shape index (κ3) is 1.19. The van der Waals surface area contributed by atoms with Gasteiger partial charge in [-0.25, -0.2) is 0 Å². The number of nitrogen functional groups attached to an aromatic ring is 1. The molecule has 1 aliphatic heterocycles. The van der Waals surface area contributed by atoms with Gasteiger partial charge in [-0.15, -0.1) is 0 Å². The Balaban J connectivity index is 2.60. The van der Waals surface area contributed by atoms with Gasteiger partial charge in [0.15, 0.2) is 11.5 Å². The molecule has 1 atom stereocenters. The van der Waals surface area contributed by atoms with Gasteiger partial charge in [0.1, 0.15) is 0 Å². The normalized spacial score (nSPS) is 20.5. The molecule has 2 rings (SSSR count). The van der Waals surface area contributed by atoms with Crippen LogP contribution in [0.4, 0.5) is 5.69 Å². The fourth-order valence-corrected chi connectivity index (χ4v) is 1.57. The molecule has 0 amide bonds. The Morgan fingerprint density at radius 1 is 1.46 bits per heavy atom. The lowest BCUT2D eigenvalue weighted by Gasteiger charge is -2.24. The highest BCUT2D eigenvalue weighted by molar-refractivity contribution is 5.62. The minimum atomic E-state index is -0.129. The molecule has 0 radical (unpaired) electrons. The molecule has 4 heteroatoms. The van der Waals surface area contributed by atoms with Gasteiger partial charge in [-0.3, -0.25) is 0 Å². The van der Waals surface area contributed by atoms with E-state index >= 15 is 0 Å². The van der Waals surface area contributed by atoms with Crippen molar-refractivity contribution in [3.05, 3.63) is 17.7 Å². The average molecular weight is 180 g/mol. The summed E-state index contributed by atoms with van der Waals surface area (Å²) in [7, 11) is 0. The maximum absolute atomic E-state index is 9.46. The molecular weight excluding hydrogens is 168 g/mol. The summed E-state index contributed by atoms with van der Waals surface area (Å²) in [5, 5.41) is 9.46. The summed E-state index contributed by atoms with van der Waals surface area (Å²) in [6, 6.07) is 3.03. The molecule has 0 saturated heterocycles. The van der Waals surface area contributed by atoms with Crippen molar-refractivity contribution in [3.8, 4) is 11.5 Å². The van der Waals surface area contributed by atoms with Crippen molar-refractivity contribution in [1.82, 2.24) is 0 Å². The summed E-state index contributed by atoms with van der Waals surface area (Å²) in [5.74, 6) is 0.554. The molecule has 0 saturated carbocycles. The lowest BCUT2D eigenvalue weighted by Crippen LogP contribution is -2.21. The second-order valence-electron chi connectivity index (χ2n) is 3.16. The lowest BCUT2D eigenvalue weighted by atomic mass is 9.99. The first-order valence-corrected chi connectivity index (χ1v) is 4.20. The number of phenols is 1. The van der Waals surface area contributed by atoms with Crippen molar-refractivity contribution in [2.24, 2.45) is 5.73 Å². The van der Waals surface area contributed by atoms with Crippen LogP contribution in [0.5, 0.6) is 11.5 Å². The zero-order valence-corrected chi connectivity index (χ0v) is 7.16. The molecule has 0 unspecified atom stereocenters. The predicted molar refractivity (Wildman–Crippen MR) is 49.6 cm³/mol. The van der Waals surface area contributed by atoms with Crippen molar-refractivity contribution >= 4 is 5.69 Å². The molecule has 1 aromatic carbocycles. The van der Waals surface area contributed by atoms with Crippen molar-refractivity contribution < 1.29 is 9.84 Å². The highest BCUT2D eigenvalue weighted by Gasteiger charge is 2.23. The number of ether oxygens (including phenoxy) is 1. The number of aromatic hydroxyl groups is 1. The Kier molecular flexibility index (Phi) is 1.77. The SMILES string of the molecule is Nc1ccc(O)c2c1[C@H](N)CCO2. The minimum absolute atomic E-state index is 0.111. The standard InChI is InChI=1S/C9H12N2O2/c10-5-1-2-7(12)9-8(5)6(11)3-4-13-9/h1-2,6,12H,3-4,10-11H2/t6-/m1/s1. The molecule has 0 aliphatic carbocycles. The first kappa shape index (κ1) is 8.19. The predicted octanol–water partition coefficient (Wildman–Crippen LogP) is 0.757. The zero-order chi connectivity index (χ0) is 9.42. The zero-order valence-electron chi connectivity index (χ0n) is 7.16. The monoisotopic (exact) mass is 180 g/mol. The number of benzene rings is 1. The summed E-state index contributed by atoms with van der Waals surface area (Å²) in [5.41, 5.74) is 12.9. The first-order valence-electron chi connectivity index (χ1n) is 4.20. The molecule has 13 heavy (non-hydrogen) atoms. The Labute approximate surface area is 76.1 Å². The Morgan fingerprint density at radius 2 is 2.23 bits per heavy atom. The van der Waals surface area contributed by atoms with E-state index in [9.17, 15) is 5.11 Å². The smallest absolute Gasteiger partial charge is 0.167 e. The molecular formula is C9H12N2O2. The summed E-state index contributed by atoms with van der Waals surface area (Å²) in [6.45, 7) is 0.533. The van der Waals surface area contributed by atoms with Crippen LogP contribution in [0.3, 0.4) is 0 Å². The van der Waals surface area contributed by atoms with E-state index in [1.807, 2.05) is 0 Å². The highest BCUT2D eigenvalue weighted by atomic mass is 16.5. The van der Waals surface area contributed by atoms with E-state index in [2.05, 4.69) is 0 Å². The highest BCUT2D eigenvalue weighted by Crippen LogP contribution is 2.41. The first-order chi connectivity index (χ1) is 6.20. The summed E-state index contributed by atoms with van der Waals surface area (Å²) >= 11 is 0. The van der Waals surface area contributed by atoms with Gasteiger partial charge in [-0.1, -0.05) is 0 Å². The van der Waals surface area contributed by atoms with E-state index in [0.717, 1.165) is 12.0 Å². The van der Waals surface area contributed by atoms with Crippen LogP contribution in [0, 0.1) is 0 Å². The topological polar surface area (TPSA) is 81.5 Å². The van der Waals surface area contributed by atoms with Crippen LogP contribution in [-0.2, 0) is 0 Å². The Morgan fingerprint density at radius 3 is 2.92 bits per heavy atom. The second-order valence-corrected chi connectivity index (χ2v) is 3.16. The number of anilines is 1. The van der Waals surface area contributed by atoms with Gasteiger partial charge in [0.05, 0.1) is 6.61 Å². The number of nitrogens with two attached hydrogens (primary N) is 2. The number of hydrogen-bond acceptors (Lipinski definition) is 4. The van der Waals surface area contributed by atoms with Gasteiger partial charge in [0.2, 0.25) is 0 Å². The second kappa shape index (κ2) is 2.81. The third-order valence-corrected chi connectivity index (χ3v) is 2.26. The third-order valence-electron chi connectivity index (χ3n) is 2.26. The molecule has 1 heterocycles. The van der Waals surface area contributed by atoms with Crippen LogP contribution in [0.25, 0.3) is 0 Å². The lowest BCUT2D eigenvalue weighted by molar-refractivity contribution is 0.256. The van der Waals surface area contributed by atoms with Crippen molar-refractivity contribution in [2.75, 3.05) is 12.3 Å². The van der Waals surface area contributed by atoms with Gasteiger partial charge in [-0.05, 0) is 12.1 Å². The van der Waals surface area contributed by atoms with Crippen LogP contribution in [0.1, 0.15) is 18.0 Å². The molecule has 5 N–H and O–H groups in total. The van der Waals surface area contributed by atoms with Crippen molar-refractivity contribution in [2.45, 2.75) is 12.5 Å². The van der Waals surface area contributed by atoms with Crippen LogP contribution in [0.2, 0.25) is 0 Å². The van der Waals surface area contributed by atoms with Crippen molar-refractivity contribution in [3.63, 3.8) is 0 Å². The maximum Gasteiger partial charge on any atom is 0.167 e. The van der Waals surface area contributed by atoms with Gasteiger partial charge in [0.25, 0.3) is 0 Å². The van der Waals surface area contributed by atoms with Gasteiger partial charge in [0, 0.05) is 23.7 Å². The fraction of sp³-hybridized carbons (Fsp3) is 0.333. The molecule has 0 aromatic heterocycles. The van der Waals surface area contributed by atoms with Crippen LogP contribution in [0.15, 0.2) is 12.1 Å². The number of fused-ring (bicyclic) bond motifs is 1. The number of rotatable bonds is 0. The maximum atomic E-state index is 9.46. The molecule has 70 valence electrons. The van der Waals surface area contributed by atoms with Crippen molar-refractivity contribution in [1.29, 1.82) is 0 Å². The Bertz CT molecular complexity index is 339. The van der Waals surface area contributed by atoms with Crippen LogP contribution < -0.4 is 16.2 Å².